The largest absolute Gasteiger partial charge is 0.496 e. The Labute approximate surface area is 108 Å². The van der Waals surface area contributed by atoms with Gasteiger partial charge < -0.3 is 10.1 Å². The van der Waals surface area contributed by atoms with E-state index < -0.39 is 0 Å². The zero-order valence-corrected chi connectivity index (χ0v) is 11.7. The van der Waals surface area contributed by atoms with Crippen LogP contribution in [0.5, 0.6) is 5.75 Å². The number of benzene rings is 1. The van der Waals surface area contributed by atoms with Gasteiger partial charge in [-0.1, -0.05) is 6.92 Å². The lowest BCUT2D eigenvalue weighted by atomic mass is 10.0. The van der Waals surface area contributed by atoms with E-state index in [1.54, 1.807) is 7.11 Å². The summed E-state index contributed by atoms with van der Waals surface area (Å²) in [5, 5.41) is 3.57. The van der Waals surface area contributed by atoms with E-state index >= 15 is 0 Å². The Morgan fingerprint density at radius 3 is 2.82 bits per heavy atom. The molecular weight excluding hydrogens is 230 g/mol. The lowest BCUT2D eigenvalue weighted by Crippen LogP contribution is -2.14. The molecular formula is C14H21NOS. The Balaban J connectivity index is 2.41. The summed E-state index contributed by atoms with van der Waals surface area (Å²) in [6.45, 7) is 3.31. The molecule has 1 aromatic rings. The van der Waals surface area contributed by atoms with Gasteiger partial charge in [-0.15, -0.1) is 11.8 Å². The first-order valence-corrected chi connectivity index (χ1v) is 7.50. The van der Waals surface area contributed by atoms with Gasteiger partial charge in [-0.05, 0) is 55.3 Å². The Morgan fingerprint density at radius 1 is 1.47 bits per heavy atom. The minimum Gasteiger partial charge on any atom is -0.496 e. The maximum atomic E-state index is 5.50. The van der Waals surface area contributed by atoms with Crippen LogP contribution in [0.3, 0.4) is 0 Å². The van der Waals surface area contributed by atoms with E-state index in [2.05, 4.69) is 30.6 Å². The van der Waals surface area contributed by atoms with Crippen molar-refractivity contribution in [1.82, 2.24) is 5.32 Å². The molecule has 1 N–H and O–H groups in total. The predicted molar refractivity (Wildman–Crippen MR) is 74.1 cm³/mol. The van der Waals surface area contributed by atoms with Crippen LogP contribution in [0.4, 0.5) is 0 Å². The summed E-state index contributed by atoms with van der Waals surface area (Å²) in [5.74, 6) is 1.04. The number of hydrogen-bond acceptors (Lipinski definition) is 3. The fourth-order valence-electron chi connectivity index (χ4n) is 2.48. The molecule has 0 aliphatic carbocycles. The fourth-order valence-corrected chi connectivity index (χ4v) is 3.18. The van der Waals surface area contributed by atoms with Crippen molar-refractivity contribution in [2.75, 3.05) is 19.9 Å². The maximum absolute atomic E-state index is 5.50. The number of thioether (sulfide) groups is 1. The zero-order chi connectivity index (χ0) is 12.3. The van der Waals surface area contributed by atoms with E-state index in [1.165, 1.54) is 28.9 Å². The molecule has 2 nitrogen and oxygen atoms in total. The molecule has 94 valence electrons. The van der Waals surface area contributed by atoms with Crippen LogP contribution in [-0.2, 0) is 6.42 Å². The topological polar surface area (TPSA) is 21.3 Å². The lowest BCUT2D eigenvalue weighted by Gasteiger charge is -2.18. The summed E-state index contributed by atoms with van der Waals surface area (Å²) in [7, 11) is 1.76. The second kappa shape index (κ2) is 5.78. The lowest BCUT2D eigenvalue weighted by molar-refractivity contribution is 0.408. The van der Waals surface area contributed by atoms with Gasteiger partial charge in [-0.3, -0.25) is 0 Å². The molecule has 1 heterocycles. The van der Waals surface area contributed by atoms with Crippen LogP contribution in [0.15, 0.2) is 17.0 Å². The number of hydrogen-bond donors (Lipinski definition) is 1. The van der Waals surface area contributed by atoms with Gasteiger partial charge in [0.2, 0.25) is 0 Å². The smallest absolute Gasteiger partial charge is 0.122 e. The summed E-state index contributed by atoms with van der Waals surface area (Å²) < 4.78 is 5.50. The maximum Gasteiger partial charge on any atom is 0.122 e. The number of nitrogens with one attached hydrogen (secondary N) is 1. The molecule has 0 aromatic heterocycles. The third-order valence-electron chi connectivity index (χ3n) is 3.45. The number of aryl methyl sites for hydroxylation is 1. The Hall–Kier alpha value is -0.670. The van der Waals surface area contributed by atoms with Gasteiger partial charge >= 0.3 is 0 Å². The van der Waals surface area contributed by atoms with Crippen LogP contribution in [0.2, 0.25) is 0 Å². The molecule has 1 fully saturated rings. The SMILES string of the molecule is CCc1cc(SC)c(C2CCCN2)cc1OC. The molecule has 17 heavy (non-hydrogen) atoms. The van der Waals surface area contributed by atoms with Crippen LogP contribution in [0, 0.1) is 0 Å². The van der Waals surface area contributed by atoms with Crippen molar-refractivity contribution in [1.29, 1.82) is 0 Å². The van der Waals surface area contributed by atoms with Gasteiger partial charge in [-0.2, -0.15) is 0 Å². The highest BCUT2D eigenvalue weighted by atomic mass is 32.2. The quantitative estimate of drug-likeness (QED) is 0.829. The minimum absolute atomic E-state index is 0.511. The summed E-state index contributed by atoms with van der Waals surface area (Å²) in [5.41, 5.74) is 2.71. The van der Waals surface area contributed by atoms with Crippen molar-refractivity contribution < 1.29 is 4.74 Å². The molecule has 0 spiro atoms. The van der Waals surface area contributed by atoms with E-state index in [-0.39, 0.29) is 0 Å². The zero-order valence-electron chi connectivity index (χ0n) is 10.9. The van der Waals surface area contributed by atoms with E-state index in [9.17, 15) is 0 Å². The molecule has 0 amide bonds. The van der Waals surface area contributed by atoms with Crippen molar-refractivity contribution in [3.63, 3.8) is 0 Å². The molecule has 1 aliphatic rings. The first-order valence-electron chi connectivity index (χ1n) is 6.28. The summed E-state index contributed by atoms with van der Waals surface area (Å²) in [4.78, 5) is 1.39. The molecule has 1 saturated heterocycles. The highest BCUT2D eigenvalue weighted by Gasteiger charge is 2.20. The fraction of sp³-hybridized carbons (Fsp3) is 0.571. The molecule has 3 heteroatoms. The first-order chi connectivity index (χ1) is 8.30. The average molecular weight is 251 g/mol. The second-order valence-electron chi connectivity index (χ2n) is 4.41. The van der Waals surface area contributed by atoms with Crippen molar-refractivity contribution in [2.24, 2.45) is 0 Å². The van der Waals surface area contributed by atoms with Crippen LogP contribution < -0.4 is 10.1 Å². The standard InChI is InChI=1S/C14H21NOS/c1-4-10-8-14(17-3)11(9-13(10)16-2)12-6-5-7-15-12/h8-9,12,15H,4-7H2,1-3H3. The van der Waals surface area contributed by atoms with E-state index in [4.69, 9.17) is 4.74 Å². The van der Waals surface area contributed by atoms with E-state index in [0.29, 0.717) is 6.04 Å². The predicted octanol–water partition coefficient (Wildman–Crippen LogP) is 3.40. The Morgan fingerprint density at radius 2 is 2.29 bits per heavy atom. The van der Waals surface area contributed by atoms with Gasteiger partial charge in [0.25, 0.3) is 0 Å². The monoisotopic (exact) mass is 251 g/mol. The van der Waals surface area contributed by atoms with Crippen LogP contribution in [0.25, 0.3) is 0 Å². The molecule has 1 aliphatic heterocycles. The van der Waals surface area contributed by atoms with Crippen molar-refractivity contribution >= 4 is 11.8 Å². The molecule has 0 bridgehead atoms. The summed E-state index contributed by atoms with van der Waals surface area (Å²) in [6.07, 6.45) is 5.69. The highest BCUT2D eigenvalue weighted by molar-refractivity contribution is 7.98. The summed E-state index contributed by atoms with van der Waals surface area (Å²) >= 11 is 1.84. The number of rotatable bonds is 4. The molecule has 0 saturated carbocycles. The average Bonchev–Trinajstić information content (AvgIpc) is 2.90. The first kappa shape index (κ1) is 12.8. The summed E-state index contributed by atoms with van der Waals surface area (Å²) in [6, 6.07) is 5.03. The minimum atomic E-state index is 0.511. The number of ether oxygens (including phenoxy) is 1. The number of methoxy groups -OCH3 is 1. The molecule has 1 atom stereocenters. The van der Waals surface area contributed by atoms with Crippen LogP contribution in [-0.4, -0.2) is 19.9 Å². The molecule has 2 rings (SSSR count). The Kier molecular flexibility index (Phi) is 4.35. The van der Waals surface area contributed by atoms with Crippen LogP contribution >= 0.6 is 11.8 Å². The molecule has 1 aromatic carbocycles. The third-order valence-corrected chi connectivity index (χ3v) is 4.24. The van der Waals surface area contributed by atoms with E-state index in [0.717, 1.165) is 18.7 Å². The highest BCUT2D eigenvalue weighted by Crippen LogP contribution is 2.36. The molecule has 1 unspecified atom stereocenters. The van der Waals surface area contributed by atoms with Gasteiger partial charge in [0.15, 0.2) is 0 Å². The van der Waals surface area contributed by atoms with Crippen molar-refractivity contribution in [2.45, 2.75) is 37.1 Å². The normalized spacial score (nSPS) is 19.6. The van der Waals surface area contributed by atoms with Gasteiger partial charge in [-0.25, -0.2) is 0 Å². The van der Waals surface area contributed by atoms with Gasteiger partial charge in [0, 0.05) is 10.9 Å². The van der Waals surface area contributed by atoms with Crippen LogP contribution in [0.1, 0.15) is 36.9 Å². The van der Waals surface area contributed by atoms with Crippen molar-refractivity contribution in [3.05, 3.63) is 23.3 Å². The second-order valence-corrected chi connectivity index (χ2v) is 5.26. The Bertz CT molecular complexity index is 386. The van der Waals surface area contributed by atoms with Gasteiger partial charge in [0.05, 0.1) is 7.11 Å². The van der Waals surface area contributed by atoms with Gasteiger partial charge in [0.1, 0.15) is 5.75 Å². The third kappa shape index (κ3) is 2.61. The van der Waals surface area contributed by atoms with Crippen molar-refractivity contribution in [3.8, 4) is 5.75 Å². The van der Waals surface area contributed by atoms with E-state index in [1.807, 2.05) is 11.8 Å². The molecule has 0 radical (unpaired) electrons.